The van der Waals surface area contributed by atoms with Gasteiger partial charge in [0.1, 0.15) is 0 Å². The summed E-state index contributed by atoms with van der Waals surface area (Å²) in [6.07, 6.45) is 0. The maximum absolute atomic E-state index is 11.5. The van der Waals surface area contributed by atoms with Crippen molar-refractivity contribution in [2.24, 2.45) is 0 Å². The van der Waals surface area contributed by atoms with Crippen LogP contribution in [0, 0.1) is 0 Å². The van der Waals surface area contributed by atoms with Crippen molar-refractivity contribution in [3.05, 3.63) is 46.1 Å². The van der Waals surface area contributed by atoms with E-state index in [0.717, 1.165) is 10.7 Å². The van der Waals surface area contributed by atoms with Gasteiger partial charge in [-0.25, -0.2) is 4.98 Å². The molecular weight excluding hydrogens is 210 g/mol. The van der Waals surface area contributed by atoms with Crippen LogP contribution in [-0.4, -0.2) is 14.6 Å². The van der Waals surface area contributed by atoms with Crippen LogP contribution >= 0.6 is 11.3 Å². The summed E-state index contributed by atoms with van der Waals surface area (Å²) >= 11 is 1.59. The van der Waals surface area contributed by atoms with E-state index in [1.807, 2.05) is 17.5 Å². The van der Waals surface area contributed by atoms with Gasteiger partial charge in [0.2, 0.25) is 0 Å². The summed E-state index contributed by atoms with van der Waals surface area (Å²) < 4.78 is 1.44. The number of nitrogens with zero attached hydrogens (tertiary/aromatic N) is 2. The molecule has 0 saturated heterocycles. The molecule has 0 aromatic carbocycles. The van der Waals surface area contributed by atoms with Crippen molar-refractivity contribution in [3.8, 4) is 10.7 Å². The minimum atomic E-state index is -0.0946. The number of rotatable bonds is 1. The molecule has 0 saturated carbocycles. The monoisotopic (exact) mass is 217 g/mol. The van der Waals surface area contributed by atoms with E-state index in [4.69, 9.17) is 0 Å². The quantitative estimate of drug-likeness (QED) is 0.675. The predicted molar refractivity (Wildman–Crippen MR) is 59.1 cm³/mol. The average Bonchev–Trinajstić information content (AvgIpc) is 2.86. The highest BCUT2D eigenvalue weighted by atomic mass is 32.1. The normalized spacial score (nSPS) is 10.9. The molecule has 5 heteroatoms. The van der Waals surface area contributed by atoms with Gasteiger partial charge in [-0.1, -0.05) is 12.1 Å². The number of nitrogens with one attached hydrogen (secondary N) is 1. The summed E-state index contributed by atoms with van der Waals surface area (Å²) in [4.78, 5) is 16.8. The summed E-state index contributed by atoms with van der Waals surface area (Å²) in [6, 6.07) is 8.93. The lowest BCUT2D eigenvalue weighted by atomic mass is 10.4. The van der Waals surface area contributed by atoms with Crippen LogP contribution in [0.3, 0.4) is 0 Å². The van der Waals surface area contributed by atoms with E-state index >= 15 is 0 Å². The molecule has 4 nitrogen and oxygen atoms in total. The summed E-state index contributed by atoms with van der Waals surface area (Å²) in [6.45, 7) is 0. The van der Waals surface area contributed by atoms with Crippen molar-refractivity contribution < 1.29 is 0 Å². The molecule has 0 atom stereocenters. The zero-order valence-electron chi connectivity index (χ0n) is 7.68. The molecule has 1 N–H and O–H groups in total. The molecule has 0 spiro atoms. The Morgan fingerprint density at radius 1 is 1.27 bits per heavy atom. The number of pyridine rings is 1. The van der Waals surface area contributed by atoms with Crippen LogP contribution in [0.1, 0.15) is 0 Å². The maximum Gasteiger partial charge on any atom is 0.271 e. The van der Waals surface area contributed by atoms with Crippen molar-refractivity contribution in [1.29, 1.82) is 0 Å². The second kappa shape index (κ2) is 3.06. The van der Waals surface area contributed by atoms with Gasteiger partial charge in [0.25, 0.3) is 5.56 Å². The molecule has 74 valence electrons. The van der Waals surface area contributed by atoms with E-state index in [1.54, 1.807) is 23.5 Å². The third-order valence-corrected chi connectivity index (χ3v) is 3.01. The van der Waals surface area contributed by atoms with Gasteiger partial charge in [-0.15, -0.1) is 11.3 Å². The Bertz CT molecular complexity index is 651. The zero-order valence-corrected chi connectivity index (χ0v) is 8.49. The molecule has 0 aliphatic heterocycles. The smallest absolute Gasteiger partial charge is 0.271 e. The Labute approximate surface area is 88.8 Å². The number of thiophene rings is 1. The van der Waals surface area contributed by atoms with E-state index in [9.17, 15) is 4.79 Å². The average molecular weight is 217 g/mol. The third-order valence-electron chi connectivity index (χ3n) is 2.13. The Hall–Kier alpha value is -1.88. The van der Waals surface area contributed by atoms with Crippen LogP contribution in [0.25, 0.3) is 16.3 Å². The van der Waals surface area contributed by atoms with E-state index in [2.05, 4.69) is 10.1 Å². The molecule has 0 aliphatic rings. The molecule has 0 bridgehead atoms. The van der Waals surface area contributed by atoms with Gasteiger partial charge >= 0.3 is 0 Å². The second-order valence-electron chi connectivity index (χ2n) is 3.11. The van der Waals surface area contributed by atoms with E-state index in [0.29, 0.717) is 5.65 Å². The van der Waals surface area contributed by atoms with Crippen LogP contribution in [0.2, 0.25) is 0 Å². The standard InChI is InChI=1S/C10H7N3OS/c14-9-5-1-4-8-11-10(12-13(8)9)7-3-2-6-15-7/h1-6H,(H,11,12). The van der Waals surface area contributed by atoms with Crippen LogP contribution in [0.4, 0.5) is 0 Å². The van der Waals surface area contributed by atoms with Gasteiger partial charge in [-0.05, 0) is 17.5 Å². The topological polar surface area (TPSA) is 50.2 Å². The first-order valence-corrected chi connectivity index (χ1v) is 5.34. The highest BCUT2D eigenvalue weighted by Crippen LogP contribution is 2.20. The SMILES string of the molecule is O=c1cccc2nc(-c3cccs3)[nH]n12. The van der Waals surface area contributed by atoms with Crippen molar-refractivity contribution >= 4 is 17.0 Å². The maximum atomic E-state index is 11.5. The number of hydrogen-bond donors (Lipinski definition) is 1. The molecule has 15 heavy (non-hydrogen) atoms. The third kappa shape index (κ3) is 1.28. The number of aromatic nitrogens is 3. The lowest BCUT2D eigenvalue weighted by Gasteiger charge is -1.87. The molecule has 3 aromatic rings. The molecule has 0 fully saturated rings. The summed E-state index contributed by atoms with van der Waals surface area (Å²) in [5.41, 5.74) is 0.550. The van der Waals surface area contributed by atoms with Crippen LogP contribution < -0.4 is 5.56 Å². The van der Waals surface area contributed by atoms with Crippen molar-refractivity contribution in [2.45, 2.75) is 0 Å². The van der Waals surface area contributed by atoms with Crippen LogP contribution in [-0.2, 0) is 0 Å². The van der Waals surface area contributed by atoms with E-state index in [1.165, 1.54) is 10.6 Å². The first-order valence-electron chi connectivity index (χ1n) is 4.46. The molecule has 3 rings (SSSR count). The first kappa shape index (κ1) is 8.43. The number of aromatic amines is 1. The fourth-order valence-corrected chi connectivity index (χ4v) is 2.11. The molecule has 0 aliphatic carbocycles. The van der Waals surface area contributed by atoms with Crippen molar-refractivity contribution in [3.63, 3.8) is 0 Å². The molecular formula is C10H7N3OS. The minimum absolute atomic E-state index is 0.0946. The number of H-pyrrole nitrogens is 1. The van der Waals surface area contributed by atoms with Gasteiger partial charge < -0.3 is 0 Å². The number of hydrogen-bond acceptors (Lipinski definition) is 3. The highest BCUT2D eigenvalue weighted by molar-refractivity contribution is 7.13. The van der Waals surface area contributed by atoms with Gasteiger partial charge in [0.05, 0.1) is 4.88 Å². The molecule has 0 radical (unpaired) electrons. The minimum Gasteiger partial charge on any atom is -0.272 e. The second-order valence-corrected chi connectivity index (χ2v) is 4.05. The highest BCUT2D eigenvalue weighted by Gasteiger charge is 2.05. The Balaban J connectivity index is 2.32. The molecule has 0 amide bonds. The lowest BCUT2D eigenvalue weighted by Crippen LogP contribution is -2.11. The van der Waals surface area contributed by atoms with E-state index in [-0.39, 0.29) is 5.56 Å². The fraction of sp³-hybridized carbons (Fsp3) is 0. The molecule has 3 aromatic heterocycles. The Morgan fingerprint density at radius 2 is 2.20 bits per heavy atom. The predicted octanol–water partition coefficient (Wildman–Crippen LogP) is 1.75. The van der Waals surface area contributed by atoms with Gasteiger partial charge in [-0.2, -0.15) is 4.52 Å². The fourth-order valence-electron chi connectivity index (χ4n) is 1.45. The number of fused-ring (bicyclic) bond motifs is 1. The van der Waals surface area contributed by atoms with Gasteiger partial charge in [0, 0.05) is 6.07 Å². The van der Waals surface area contributed by atoms with Gasteiger partial charge in [0.15, 0.2) is 11.5 Å². The van der Waals surface area contributed by atoms with Gasteiger partial charge in [-0.3, -0.25) is 9.89 Å². The van der Waals surface area contributed by atoms with Crippen LogP contribution in [0.5, 0.6) is 0 Å². The summed E-state index contributed by atoms with van der Waals surface area (Å²) in [5, 5.41) is 4.95. The zero-order chi connectivity index (χ0) is 10.3. The molecule has 3 heterocycles. The van der Waals surface area contributed by atoms with Crippen LogP contribution in [0.15, 0.2) is 40.5 Å². The first-order chi connectivity index (χ1) is 7.34. The van der Waals surface area contributed by atoms with Crippen molar-refractivity contribution in [1.82, 2.24) is 14.6 Å². The largest absolute Gasteiger partial charge is 0.272 e. The molecule has 0 unspecified atom stereocenters. The van der Waals surface area contributed by atoms with E-state index < -0.39 is 0 Å². The summed E-state index contributed by atoms with van der Waals surface area (Å²) in [5.74, 6) is 0.730. The lowest BCUT2D eigenvalue weighted by molar-refractivity contribution is 0.925. The summed E-state index contributed by atoms with van der Waals surface area (Å²) in [7, 11) is 0. The Kier molecular flexibility index (Phi) is 1.72. The van der Waals surface area contributed by atoms with Crippen molar-refractivity contribution in [2.75, 3.05) is 0 Å². The Morgan fingerprint density at radius 3 is 2.93 bits per heavy atom.